The highest BCUT2D eigenvalue weighted by atomic mass is 32.2. The first-order valence-electron chi connectivity index (χ1n) is 3.97. The summed E-state index contributed by atoms with van der Waals surface area (Å²) < 4.78 is 10.7. The van der Waals surface area contributed by atoms with Gasteiger partial charge in [0.2, 0.25) is 0 Å². The van der Waals surface area contributed by atoms with E-state index in [-0.39, 0.29) is 6.10 Å². The first kappa shape index (κ1) is 9.68. The lowest BCUT2D eigenvalue weighted by Gasteiger charge is -2.22. The lowest BCUT2D eigenvalue weighted by atomic mass is 10.1. The summed E-state index contributed by atoms with van der Waals surface area (Å²) in [5, 5.41) is 4.07. The Morgan fingerprint density at radius 2 is 2.25 bits per heavy atom. The van der Waals surface area contributed by atoms with Crippen molar-refractivity contribution in [1.29, 1.82) is 0 Å². The lowest BCUT2D eigenvalue weighted by molar-refractivity contribution is 0.0885. The molecule has 1 aliphatic rings. The Labute approximate surface area is 77.6 Å². The van der Waals surface area contributed by atoms with Crippen molar-refractivity contribution in [2.75, 3.05) is 13.7 Å². The predicted molar refractivity (Wildman–Crippen MR) is 51.9 cm³/mol. The topological polar surface area (TPSA) is 18.5 Å². The molecule has 0 spiro atoms. The van der Waals surface area contributed by atoms with Crippen LogP contribution in [0.2, 0.25) is 0 Å². The van der Waals surface area contributed by atoms with E-state index in [1.54, 1.807) is 18.9 Å². The SMILES string of the molecule is CCOC1=CSC=C(C)C1OC. The van der Waals surface area contributed by atoms with E-state index in [0.717, 1.165) is 5.76 Å². The van der Waals surface area contributed by atoms with Crippen LogP contribution < -0.4 is 0 Å². The highest BCUT2D eigenvalue weighted by Gasteiger charge is 2.19. The van der Waals surface area contributed by atoms with Gasteiger partial charge in [0, 0.05) is 12.5 Å². The van der Waals surface area contributed by atoms with Crippen molar-refractivity contribution in [3.05, 3.63) is 22.1 Å². The molecule has 2 nitrogen and oxygen atoms in total. The summed E-state index contributed by atoms with van der Waals surface area (Å²) >= 11 is 1.64. The minimum atomic E-state index is 0.0196. The van der Waals surface area contributed by atoms with Crippen molar-refractivity contribution in [2.24, 2.45) is 0 Å². The molecule has 3 heteroatoms. The van der Waals surface area contributed by atoms with Crippen LogP contribution in [0.5, 0.6) is 0 Å². The van der Waals surface area contributed by atoms with Crippen LogP contribution in [-0.4, -0.2) is 19.8 Å². The molecule has 0 N–H and O–H groups in total. The van der Waals surface area contributed by atoms with E-state index in [4.69, 9.17) is 9.47 Å². The molecular formula is C9H14O2S. The summed E-state index contributed by atoms with van der Waals surface area (Å²) in [5.41, 5.74) is 1.20. The number of hydrogen-bond donors (Lipinski definition) is 0. The van der Waals surface area contributed by atoms with Crippen molar-refractivity contribution >= 4 is 11.8 Å². The van der Waals surface area contributed by atoms with Gasteiger partial charge in [-0.15, -0.1) is 11.8 Å². The fourth-order valence-electron chi connectivity index (χ4n) is 1.13. The third kappa shape index (κ3) is 2.05. The zero-order valence-corrected chi connectivity index (χ0v) is 8.48. The van der Waals surface area contributed by atoms with Crippen LogP contribution in [-0.2, 0) is 9.47 Å². The Bertz CT molecular complexity index is 209. The predicted octanol–water partition coefficient (Wildman–Crippen LogP) is 2.53. The summed E-state index contributed by atoms with van der Waals surface area (Å²) in [7, 11) is 1.70. The number of hydrogen-bond acceptors (Lipinski definition) is 3. The molecule has 0 saturated heterocycles. The van der Waals surface area contributed by atoms with Gasteiger partial charge in [0.25, 0.3) is 0 Å². The molecule has 1 heterocycles. The van der Waals surface area contributed by atoms with Gasteiger partial charge in [-0.05, 0) is 24.8 Å². The number of methoxy groups -OCH3 is 1. The van der Waals surface area contributed by atoms with E-state index < -0.39 is 0 Å². The van der Waals surface area contributed by atoms with E-state index in [9.17, 15) is 0 Å². The zero-order chi connectivity index (χ0) is 8.97. The number of ether oxygens (including phenoxy) is 2. The van der Waals surface area contributed by atoms with Gasteiger partial charge in [0.15, 0.2) is 0 Å². The lowest BCUT2D eigenvalue weighted by Crippen LogP contribution is -2.18. The molecule has 68 valence electrons. The second-order valence-corrected chi connectivity index (χ2v) is 3.31. The van der Waals surface area contributed by atoms with Gasteiger partial charge in [-0.3, -0.25) is 0 Å². The van der Waals surface area contributed by atoms with Gasteiger partial charge in [0.1, 0.15) is 11.9 Å². The van der Waals surface area contributed by atoms with Gasteiger partial charge >= 0.3 is 0 Å². The Morgan fingerprint density at radius 1 is 1.50 bits per heavy atom. The van der Waals surface area contributed by atoms with Gasteiger partial charge < -0.3 is 9.47 Å². The van der Waals surface area contributed by atoms with Gasteiger partial charge in [-0.1, -0.05) is 0 Å². The molecule has 0 saturated carbocycles. The molecule has 0 bridgehead atoms. The first-order valence-corrected chi connectivity index (χ1v) is 4.91. The van der Waals surface area contributed by atoms with Crippen LogP contribution in [0.15, 0.2) is 22.1 Å². The maximum absolute atomic E-state index is 5.43. The molecule has 0 fully saturated rings. The van der Waals surface area contributed by atoms with Crippen molar-refractivity contribution < 1.29 is 9.47 Å². The van der Waals surface area contributed by atoms with Crippen LogP contribution in [0.4, 0.5) is 0 Å². The molecule has 0 amide bonds. The zero-order valence-electron chi connectivity index (χ0n) is 7.66. The van der Waals surface area contributed by atoms with Crippen molar-refractivity contribution in [3.8, 4) is 0 Å². The molecule has 0 aromatic rings. The van der Waals surface area contributed by atoms with Crippen molar-refractivity contribution in [3.63, 3.8) is 0 Å². The molecule has 0 aliphatic carbocycles. The standard InChI is InChI=1S/C9H14O2S/c1-4-11-8-6-12-5-7(2)9(8)10-3/h5-6,9H,4H2,1-3H3. The summed E-state index contributed by atoms with van der Waals surface area (Å²) in [4.78, 5) is 0. The van der Waals surface area contributed by atoms with Gasteiger partial charge in [-0.2, -0.15) is 0 Å². The largest absolute Gasteiger partial charge is 0.495 e. The smallest absolute Gasteiger partial charge is 0.136 e. The summed E-state index contributed by atoms with van der Waals surface area (Å²) in [6.07, 6.45) is 0.0196. The minimum absolute atomic E-state index is 0.0196. The number of thioether (sulfide) groups is 1. The van der Waals surface area contributed by atoms with E-state index in [2.05, 4.69) is 5.41 Å². The molecule has 12 heavy (non-hydrogen) atoms. The van der Waals surface area contributed by atoms with Crippen molar-refractivity contribution in [2.45, 2.75) is 20.0 Å². The van der Waals surface area contributed by atoms with Crippen LogP contribution >= 0.6 is 11.8 Å². The summed E-state index contributed by atoms with van der Waals surface area (Å²) in [6.45, 7) is 4.72. The average molecular weight is 186 g/mol. The third-order valence-corrected chi connectivity index (χ3v) is 2.53. The normalized spacial score (nSPS) is 23.1. The fourth-order valence-corrected chi connectivity index (χ4v) is 1.87. The third-order valence-electron chi connectivity index (χ3n) is 1.66. The Hall–Kier alpha value is -0.410. The number of rotatable bonds is 3. The first-order chi connectivity index (χ1) is 5.79. The molecule has 1 rings (SSSR count). The highest BCUT2D eigenvalue weighted by molar-refractivity contribution is 8.05. The summed E-state index contributed by atoms with van der Waals surface area (Å²) in [5.74, 6) is 0.921. The van der Waals surface area contributed by atoms with Crippen LogP contribution in [0.25, 0.3) is 0 Å². The molecule has 0 radical (unpaired) electrons. The van der Waals surface area contributed by atoms with E-state index in [0.29, 0.717) is 6.61 Å². The van der Waals surface area contributed by atoms with Crippen LogP contribution in [0.3, 0.4) is 0 Å². The second-order valence-electron chi connectivity index (χ2n) is 2.57. The molecule has 1 aliphatic heterocycles. The second kappa shape index (κ2) is 4.58. The molecule has 0 aromatic carbocycles. The van der Waals surface area contributed by atoms with Crippen LogP contribution in [0, 0.1) is 0 Å². The maximum Gasteiger partial charge on any atom is 0.136 e. The minimum Gasteiger partial charge on any atom is -0.495 e. The Balaban J connectivity index is 2.66. The van der Waals surface area contributed by atoms with Gasteiger partial charge in [-0.25, -0.2) is 0 Å². The van der Waals surface area contributed by atoms with E-state index in [1.165, 1.54) is 5.57 Å². The fraction of sp³-hybridized carbons (Fsp3) is 0.556. The highest BCUT2D eigenvalue weighted by Crippen LogP contribution is 2.27. The monoisotopic (exact) mass is 186 g/mol. The van der Waals surface area contributed by atoms with E-state index in [1.807, 2.05) is 19.3 Å². The van der Waals surface area contributed by atoms with E-state index >= 15 is 0 Å². The molecular weight excluding hydrogens is 172 g/mol. The Kier molecular flexibility index (Phi) is 3.69. The molecule has 1 unspecified atom stereocenters. The quantitative estimate of drug-likeness (QED) is 0.674. The Morgan fingerprint density at radius 3 is 2.83 bits per heavy atom. The van der Waals surface area contributed by atoms with Gasteiger partial charge in [0.05, 0.1) is 6.61 Å². The average Bonchev–Trinajstić information content (AvgIpc) is 2.05. The summed E-state index contributed by atoms with van der Waals surface area (Å²) in [6, 6.07) is 0. The van der Waals surface area contributed by atoms with Crippen LogP contribution in [0.1, 0.15) is 13.8 Å². The van der Waals surface area contributed by atoms with Crippen molar-refractivity contribution in [1.82, 2.24) is 0 Å². The molecule has 0 aromatic heterocycles. The maximum atomic E-state index is 5.43. The molecule has 1 atom stereocenters.